The molecule has 0 radical (unpaired) electrons. The first-order chi connectivity index (χ1) is 13.9. The second kappa shape index (κ2) is 9.37. The molecule has 0 saturated heterocycles. The van der Waals surface area contributed by atoms with E-state index in [0.717, 1.165) is 33.2 Å². The predicted octanol–water partition coefficient (Wildman–Crippen LogP) is 3.03. The molecule has 0 aliphatic carbocycles. The summed E-state index contributed by atoms with van der Waals surface area (Å²) >= 11 is 1.59. The van der Waals surface area contributed by atoms with Gasteiger partial charge in [-0.1, -0.05) is 29.5 Å². The van der Waals surface area contributed by atoms with Crippen molar-refractivity contribution in [3.63, 3.8) is 0 Å². The fourth-order valence-electron chi connectivity index (χ4n) is 3.13. The van der Waals surface area contributed by atoms with Crippen LogP contribution in [0, 0.1) is 13.8 Å². The Balaban J connectivity index is 1.86. The Bertz CT molecular complexity index is 980. The Kier molecular flexibility index (Phi) is 6.87. The highest BCUT2D eigenvalue weighted by molar-refractivity contribution is 7.22. The molecule has 2 aromatic carbocycles. The summed E-state index contributed by atoms with van der Waals surface area (Å²) < 4.78 is 6.62. The van der Waals surface area contributed by atoms with Gasteiger partial charge in [-0.05, 0) is 55.7 Å². The lowest BCUT2D eigenvalue weighted by atomic mass is 10.1. The highest BCUT2D eigenvalue weighted by Gasteiger charge is 2.21. The fourth-order valence-corrected chi connectivity index (χ4v) is 4.20. The second-order valence-corrected chi connectivity index (χ2v) is 8.62. The number of rotatable bonds is 8. The van der Waals surface area contributed by atoms with Crippen molar-refractivity contribution in [2.24, 2.45) is 0 Å². The molecule has 3 aromatic rings. The standard InChI is InChI=1S/C23H29N3O2S/c1-6-28-19-10-8-18(9-11-19)15-21(27)26(14-13-25(4)5)23-24-22-17(3)16(2)7-12-20(22)29-23/h7-12H,6,13-15H2,1-5H3/p+1. The number of thiazole rings is 1. The fraction of sp³-hybridized carbons (Fsp3) is 0.391. The molecule has 0 unspecified atom stereocenters. The number of quaternary nitrogens is 1. The Labute approximate surface area is 176 Å². The zero-order chi connectivity index (χ0) is 21.0. The number of aromatic nitrogens is 1. The molecule has 0 fully saturated rings. The van der Waals surface area contributed by atoms with Crippen LogP contribution in [0.1, 0.15) is 23.6 Å². The smallest absolute Gasteiger partial charge is 0.233 e. The first-order valence-corrected chi connectivity index (χ1v) is 10.9. The van der Waals surface area contributed by atoms with Crippen molar-refractivity contribution in [1.29, 1.82) is 0 Å². The number of hydrogen-bond acceptors (Lipinski definition) is 4. The second-order valence-electron chi connectivity index (χ2n) is 7.61. The van der Waals surface area contributed by atoms with Crippen molar-refractivity contribution < 1.29 is 14.4 Å². The molecular weight excluding hydrogens is 382 g/mol. The molecule has 0 bridgehead atoms. The van der Waals surface area contributed by atoms with E-state index in [1.54, 1.807) is 11.3 Å². The van der Waals surface area contributed by atoms with Crippen LogP contribution in [-0.2, 0) is 11.2 Å². The summed E-state index contributed by atoms with van der Waals surface area (Å²) in [5.41, 5.74) is 4.39. The van der Waals surface area contributed by atoms with Crippen LogP contribution in [0.4, 0.5) is 5.13 Å². The van der Waals surface area contributed by atoms with Gasteiger partial charge in [0.2, 0.25) is 5.91 Å². The maximum Gasteiger partial charge on any atom is 0.233 e. The normalized spacial score (nSPS) is 11.2. The van der Waals surface area contributed by atoms with Gasteiger partial charge in [0.05, 0.1) is 50.4 Å². The molecule has 154 valence electrons. The lowest BCUT2D eigenvalue weighted by Crippen LogP contribution is -3.06. The molecule has 0 atom stereocenters. The van der Waals surface area contributed by atoms with Gasteiger partial charge >= 0.3 is 0 Å². The van der Waals surface area contributed by atoms with Gasteiger partial charge < -0.3 is 9.64 Å². The van der Waals surface area contributed by atoms with Crippen LogP contribution in [0.3, 0.4) is 0 Å². The highest BCUT2D eigenvalue weighted by Crippen LogP contribution is 2.32. The molecule has 1 amide bonds. The minimum absolute atomic E-state index is 0.0730. The average Bonchev–Trinajstić information content (AvgIpc) is 3.11. The monoisotopic (exact) mass is 412 g/mol. The number of fused-ring (bicyclic) bond motifs is 1. The molecule has 1 aromatic heterocycles. The molecule has 1 heterocycles. The number of hydrogen-bond donors (Lipinski definition) is 1. The van der Waals surface area contributed by atoms with Gasteiger partial charge in [0.15, 0.2) is 5.13 Å². The number of carbonyl (C=O) groups excluding carboxylic acids is 1. The van der Waals surface area contributed by atoms with Crippen LogP contribution in [0.5, 0.6) is 5.75 Å². The largest absolute Gasteiger partial charge is 0.494 e. The minimum Gasteiger partial charge on any atom is -0.494 e. The number of benzene rings is 2. The summed E-state index contributed by atoms with van der Waals surface area (Å²) in [5, 5.41) is 0.783. The third-order valence-electron chi connectivity index (χ3n) is 5.03. The van der Waals surface area contributed by atoms with Gasteiger partial charge in [0.1, 0.15) is 5.75 Å². The Hall–Kier alpha value is -2.44. The molecule has 0 aliphatic rings. The van der Waals surface area contributed by atoms with Crippen LogP contribution in [0.25, 0.3) is 10.2 Å². The molecule has 3 rings (SSSR count). The molecule has 5 nitrogen and oxygen atoms in total. The predicted molar refractivity (Wildman–Crippen MR) is 120 cm³/mol. The number of anilines is 1. The van der Waals surface area contributed by atoms with Gasteiger partial charge in [0.25, 0.3) is 0 Å². The van der Waals surface area contributed by atoms with Crippen LogP contribution >= 0.6 is 11.3 Å². The molecular formula is C23H30N3O2S+. The van der Waals surface area contributed by atoms with Crippen LogP contribution < -0.4 is 14.5 Å². The number of amides is 1. The van der Waals surface area contributed by atoms with E-state index in [9.17, 15) is 4.79 Å². The van der Waals surface area contributed by atoms with Crippen LogP contribution in [-0.4, -0.2) is 44.7 Å². The maximum atomic E-state index is 13.2. The Morgan fingerprint density at radius 1 is 1.14 bits per heavy atom. The molecule has 0 saturated carbocycles. The van der Waals surface area contributed by atoms with E-state index in [1.807, 2.05) is 36.1 Å². The van der Waals surface area contributed by atoms with Gasteiger partial charge in [-0.15, -0.1) is 0 Å². The lowest BCUT2D eigenvalue weighted by molar-refractivity contribution is -0.856. The Morgan fingerprint density at radius 3 is 2.52 bits per heavy atom. The van der Waals surface area contributed by atoms with Crippen LogP contribution in [0.15, 0.2) is 36.4 Å². The van der Waals surface area contributed by atoms with Crippen molar-refractivity contribution in [1.82, 2.24) is 4.98 Å². The van der Waals surface area contributed by atoms with Crippen molar-refractivity contribution in [2.45, 2.75) is 27.2 Å². The zero-order valence-corrected chi connectivity index (χ0v) is 18.7. The minimum atomic E-state index is 0.0730. The summed E-state index contributed by atoms with van der Waals surface area (Å²) in [5.74, 6) is 0.901. The number of carbonyl (C=O) groups is 1. The molecule has 0 spiro atoms. The highest BCUT2D eigenvalue weighted by atomic mass is 32.1. The van der Waals surface area contributed by atoms with E-state index in [4.69, 9.17) is 9.72 Å². The number of aryl methyl sites for hydroxylation is 2. The first kappa shape index (κ1) is 21.3. The molecule has 1 N–H and O–H groups in total. The van der Waals surface area contributed by atoms with Crippen LogP contribution in [0.2, 0.25) is 0 Å². The SMILES string of the molecule is CCOc1ccc(CC(=O)N(CC[NH+](C)C)c2nc3c(C)c(C)ccc3s2)cc1. The van der Waals surface area contributed by atoms with Crippen molar-refractivity contribution in [3.05, 3.63) is 53.1 Å². The number of ether oxygens (including phenoxy) is 1. The number of likely N-dealkylation sites (N-methyl/N-ethyl adjacent to an activating group) is 1. The molecule has 6 heteroatoms. The van der Waals surface area contributed by atoms with Crippen molar-refractivity contribution in [3.8, 4) is 5.75 Å². The van der Waals surface area contributed by atoms with Crippen molar-refractivity contribution in [2.75, 3.05) is 38.7 Å². The summed E-state index contributed by atoms with van der Waals surface area (Å²) in [4.78, 5) is 21.2. The first-order valence-electron chi connectivity index (χ1n) is 10.1. The van der Waals surface area contributed by atoms with Gasteiger partial charge in [0, 0.05) is 0 Å². The zero-order valence-electron chi connectivity index (χ0n) is 17.9. The van der Waals surface area contributed by atoms with Crippen molar-refractivity contribution >= 4 is 32.6 Å². The van der Waals surface area contributed by atoms with E-state index in [2.05, 4.69) is 40.1 Å². The van der Waals surface area contributed by atoms with E-state index in [0.29, 0.717) is 19.6 Å². The van der Waals surface area contributed by atoms with E-state index in [1.165, 1.54) is 16.0 Å². The van der Waals surface area contributed by atoms with Gasteiger partial charge in [-0.25, -0.2) is 4.98 Å². The summed E-state index contributed by atoms with van der Waals surface area (Å²) in [6.07, 6.45) is 0.350. The van der Waals surface area contributed by atoms with Gasteiger partial charge in [-0.3, -0.25) is 9.69 Å². The van der Waals surface area contributed by atoms with E-state index < -0.39 is 0 Å². The van der Waals surface area contributed by atoms with E-state index in [-0.39, 0.29) is 5.91 Å². The number of nitrogens with zero attached hydrogens (tertiary/aromatic N) is 2. The average molecular weight is 413 g/mol. The quantitative estimate of drug-likeness (QED) is 0.619. The summed E-state index contributed by atoms with van der Waals surface area (Å²) in [7, 11) is 4.20. The van der Waals surface area contributed by atoms with Gasteiger partial charge in [-0.2, -0.15) is 0 Å². The topological polar surface area (TPSA) is 46.9 Å². The van der Waals surface area contributed by atoms with E-state index >= 15 is 0 Å². The molecule has 0 aliphatic heterocycles. The summed E-state index contributed by atoms with van der Waals surface area (Å²) in [6.45, 7) is 8.30. The third kappa shape index (κ3) is 5.14. The Morgan fingerprint density at radius 2 is 1.86 bits per heavy atom. The molecule has 29 heavy (non-hydrogen) atoms. The lowest BCUT2D eigenvalue weighted by Gasteiger charge is -2.20. The summed E-state index contributed by atoms with van der Waals surface area (Å²) in [6, 6.07) is 12.0. The number of nitrogens with one attached hydrogen (secondary N) is 1. The maximum absolute atomic E-state index is 13.2. The third-order valence-corrected chi connectivity index (χ3v) is 6.07.